The van der Waals surface area contributed by atoms with Gasteiger partial charge in [0.15, 0.2) is 17.5 Å². The Morgan fingerprint density at radius 1 is 1.08 bits per heavy atom. The number of ether oxygens (including phenoxy) is 2. The Morgan fingerprint density at radius 2 is 1.69 bits per heavy atom. The first-order valence-electron chi connectivity index (χ1n) is 8.15. The zero-order valence-corrected chi connectivity index (χ0v) is 16.2. The van der Waals surface area contributed by atoms with E-state index in [4.69, 9.17) is 9.47 Å². The molecule has 0 amide bonds. The van der Waals surface area contributed by atoms with E-state index in [-0.39, 0.29) is 18.8 Å². The lowest BCUT2D eigenvalue weighted by Gasteiger charge is -2.10. The van der Waals surface area contributed by atoms with Gasteiger partial charge < -0.3 is 9.47 Å². The second-order valence-corrected chi connectivity index (χ2v) is 6.45. The average Bonchev–Trinajstić information content (AvgIpc) is 2.65. The number of hydrogen-bond donors (Lipinski definition) is 0. The first-order chi connectivity index (χ1) is 12.4. The molecule has 2 aromatic rings. The number of benzene rings is 1. The average molecular weight is 374 g/mol. The van der Waals surface area contributed by atoms with E-state index >= 15 is 0 Å². The Labute approximate surface area is 157 Å². The minimum Gasteiger partial charge on any atom is -0.497 e. The summed E-state index contributed by atoms with van der Waals surface area (Å²) in [5.74, 6) is -0.000351. The van der Waals surface area contributed by atoms with Gasteiger partial charge in [0.25, 0.3) is 0 Å². The molecule has 26 heavy (non-hydrogen) atoms. The summed E-state index contributed by atoms with van der Waals surface area (Å²) in [6.07, 6.45) is 2.59. The number of methoxy groups -OCH3 is 1. The molecule has 2 rings (SSSR count). The van der Waals surface area contributed by atoms with Gasteiger partial charge >= 0.3 is 5.97 Å². The molecule has 0 atom stereocenters. The fourth-order valence-corrected chi connectivity index (χ4v) is 2.92. The standard InChI is InChI=1S/C19H22N2O4S/c1-12-16(13(2)21-19(20-12)26-4)9-10-18(23)25-11-17(22)14-5-7-15(24-3)8-6-14/h5-8H,9-11H2,1-4H3. The molecule has 0 N–H and O–H groups in total. The van der Waals surface area contributed by atoms with Crippen molar-refractivity contribution in [2.45, 2.75) is 31.8 Å². The highest BCUT2D eigenvalue weighted by atomic mass is 32.2. The third kappa shape index (κ3) is 5.29. The van der Waals surface area contributed by atoms with Crippen LogP contribution in [0.5, 0.6) is 5.75 Å². The van der Waals surface area contributed by atoms with Gasteiger partial charge in [-0.3, -0.25) is 9.59 Å². The summed E-state index contributed by atoms with van der Waals surface area (Å²) in [4.78, 5) is 32.8. The van der Waals surface area contributed by atoms with Crippen molar-refractivity contribution in [3.63, 3.8) is 0 Å². The maximum absolute atomic E-state index is 12.1. The molecule has 0 aliphatic carbocycles. The summed E-state index contributed by atoms with van der Waals surface area (Å²) in [5.41, 5.74) is 3.15. The molecule has 138 valence electrons. The minimum absolute atomic E-state index is 0.180. The smallest absolute Gasteiger partial charge is 0.306 e. The lowest BCUT2D eigenvalue weighted by Crippen LogP contribution is -2.15. The number of aromatic nitrogens is 2. The van der Waals surface area contributed by atoms with Crippen LogP contribution in [0.2, 0.25) is 0 Å². The molecule has 0 bridgehead atoms. The van der Waals surface area contributed by atoms with Gasteiger partial charge in [0.1, 0.15) is 5.75 Å². The van der Waals surface area contributed by atoms with E-state index in [1.807, 2.05) is 20.1 Å². The molecular weight excluding hydrogens is 352 g/mol. The van der Waals surface area contributed by atoms with Crippen LogP contribution in [0, 0.1) is 13.8 Å². The highest BCUT2D eigenvalue weighted by molar-refractivity contribution is 7.98. The zero-order valence-electron chi connectivity index (χ0n) is 15.4. The van der Waals surface area contributed by atoms with Crippen LogP contribution in [0.15, 0.2) is 29.4 Å². The number of aryl methyl sites for hydroxylation is 2. The van der Waals surface area contributed by atoms with Crippen molar-refractivity contribution in [1.82, 2.24) is 9.97 Å². The van der Waals surface area contributed by atoms with Crippen LogP contribution in [0.1, 0.15) is 33.7 Å². The van der Waals surface area contributed by atoms with E-state index in [2.05, 4.69) is 9.97 Å². The summed E-state index contributed by atoms with van der Waals surface area (Å²) in [6.45, 7) is 3.54. The number of carbonyl (C=O) groups is 2. The van der Waals surface area contributed by atoms with Gasteiger partial charge in [-0.05, 0) is 56.4 Å². The number of thioether (sulfide) groups is 1. The Bertz CT molecular complexity index is 768. The number of rotatable bonds is 8. The SMILES string of the molecule is COc1ccc(C(=O)COC(=O)CCc2c(C)nc(SC)nc2C)cc1. The highest BCUT2D eigenvalue weighted by Crippen LogP contribution is 2.17. The van der Waals surface area contributed by atoms with E-state index in [1.165, 1.54) is 11.8 Å². The number of carbonyl (C=O) groups excluding carboxylic acids is 2. The normalized spacial score (nSPS) is 10.5. The Balaban J connectivity index is 1.86. The van der Waals surface area contributed by atoms with E-state index in [0.29, 0.717) is 17.7 Å². The van der Waals surface area contributed by atoms with E-state index < -0.39 is 5.97 Å². The summed E-state index contributed by atoms with van der Waals surface area (Å²) < 4.78 is 10.1. The maximum atomic E-state index is 12.1. The lowest BCUT2D eigenvalue weighted by atomic mass is 10.1. The predicted octanol–water partition coefficient (Wildman–Crippen LogP) is 3.18. The number of ketones is 1. The van der Waals surface area contributed by atoms with E-state index in [9.17, 15) is 9.59 Å². The predicted molar refractivity (Wildman–Crippen MR) is 99.9 cm³/mol. The first-order valence-corrected chi connectivity index (χ1v) is 9.38. The van der Waals surface area contributed by atoms with Crippen LogP contribution in [-0.2, 0) is 16.0 Å². The Morgan fingerprint density at radius 3 is 2.23 bits per heavy atom. The molecule has 0 spiro atoms. The van der Waals surface area contributed by atoms with Crippen molar-refractivity contribution in [2.75, 3.05) is 20.0 Å². The van der Waals surface area contributed by atoms with Gasteiger partial charge in [-0.25, -0.2) is 9.97 Å². The molecule has 1 aromatic heterocycles. The third-order valence-corrected chi connectivity index (χ3v) is 4.49. The van der Waals surface area contributed by atoms with Crippen molar-refractivity contribution >= 4 is 23.5 Å². The van der Waals surface area contributed by atoms with Gasteiger partial charge in [0, 0.05) is 23.4 Å². The van der Waals surface area contributed by atoms with Crippen molar-refractivity contribution in [1.29, 1.82) is 0 Å². The second kappa shape index (κ2) is 9.33. The molecule has 0 fully saturated rings. The molecule has 0 saturated heterocycles. The van der Waals surface area contributed by atoms with Gasteiger partial charge in [0.2, 0.25) is 0 Å². The Hall–Kier alpha value is -2.41. The first kappa shape index (κ1) is 19.9. The Kier molecular flexibility index (Phi) is 7.15. The second-order valence-electron chi connectivity index (χ2n) is 5.67. The van der Waals surface area contributed by atoms with Crippen LogP contribution in [0.25, 0.3) is 0 Å². The largest absolute Gasteiger partial charge is 0.497 e. The summed E-state index contributed by atoms with van der Waals surface area (Å²) in [5, 5.41) is 0.719. The van der Waals surface area contributed by atoms with Gasteiger partial charge in [0.05, 0.1) is 7.11 Å². The topological polar surface area (TPSA) is 78.4 Å². The van der Waals surface area contributed by atoms with Gasteiger partial charge in [-0.2, -0.15) is 0 Å². The van der Waals surface area contributed by atoms with Crippen molar-refractivity contribution in [3.8, 4) is 5.75 Å². The van der Waals surface area contributed by atoms with Crippen LogP contribution in [0.4, 0.5) is 0 Å². The van der Waals surface area contributed by atoms with E-state index in [1.54, 1.807) is 31.4 Å². The molecule has 0 radical (unpaired) electrons. The fraction of sp³-hybridized carbons (Fsp3) is 0.368. The third-order valence-electron chi connectivity index (χ3n) is 3.94. The summed E-state index contributed by atoms with van der Waals surface area (Å²) in [6, 6.07) is 6.68. The molecule has 0 unspecified atom stereocenters. The van der Waals surface area contributed by atoms with Crippen LogP contribution in [0.3, 0.4) is 0 Å². The highest BCUT2D eigenvalue weighted by Gasteiger charge is 2.13. The van der Waals surface area contributed by atoms with Crippen molar-refractivity contribution in [2.24, 2.45) is 0 Å². The zero-order chi connectivity index (χ0) is 19.1. The quantitative estimate of drug-likeness (QED) is 0.304. The minimum atomic E-state index is -0.417. The van der Waals surface area contributed by atoms with Gasteiger partial charge in [-0.15, -0.1) is 0 Å². The van der Waals surface area contributed by atoms with Gasteiger partial charge in [-0.1, -0.05) is 11.8 Å². The molecule has 7 heteroatoms. The molecule has 6 nitrogen and oxygen atoms in total. The number of Topliss-reactive ketones (excluding diaryl/α,β-unsaturated/α-hetero) is 1. The molecular formula is C19H22N2O4S. The van der Waals surface area contributed by atoms with Crippen molar-refractivity contribution in [3.05, 3.63) is 46.8 Å². The maximum Gasteiger partial charge on any atom is 0.306 e. The molecule has 0 saturated carbocycles. The fourth-order valence-electron chi connectivity index (χ4n) is 2.47. The van der Waals surface area contributed by atoms with Crippen LogP contribution < -0.4 is 4.74 Å². The molecule has 1 aromatic carbocycles. The summed E-state index contributed by atoms with van der Waals surface area (Å²) >= 11 is 1.48. The number of nitrogens with zero attached hydrogens (tertiary/aromatic N) is 2. The van der Waals surface area contributed by atoms with Crippen LogP contribution in [-0.4, -0.2) is 41.7 Å². The molecule has 0 aliphatic heterocycles. The summed E-state index contributed by atoms with van der Waals surface area (Å²) in [7, 11) is 1.56. The monoisotopic (exact) mass is 374 g/mol. The van der Waals surface area contributed by atoms with Crippen LogP contribution >= 0.6 is 11.8 Å². The molecule has 1 heterocycles. The molecule has 0 aliphatic rings. The number of esters is 1. The van der Waals surface area contributed by atoms with E-state index in [0.717, 1.165) is 22.1 Å². The number of hydrogen-bond acceptors (Lipinski definition) is 7. The lowest BCUT2D eigenvalue weighted by molar-refractivity contribution is -0.142. The van der Waals surface area contributed by atoms with Crippen molar-refractivity contribution < 1.29 is 19.1 Å².